The van der Waals surface area contributed by atoms with Crippen molar-refractivity contribution in [2.24, 2.45) is 5.92 Å². The van der Waals surface area contributed by atoms with Gasteiger partial charge in [-0.1, -0.05) is 19.9 Å². The van der Waals surface area contributed by atoms with Crippen LogP contribution in [0.3, 0.4) is 0 Å². The van der Waals surface area contributed by atoms with E-state index >= 15 is 0 Å². The van der Waals surface area contributed by atoms with Crippen LogP contribution in [0.2, 0.25) is 0 Å². The van der Waals surface area contributed by atoms with Crippen LogP contribution in [0.4, 0.5) is 27.6 Å². The first-order valence-corrected chi connectivity index (χ1v) is 12.0. The largest absolute Gasteiger partial charge is 0.433 e. The van der Waals surface area contributed by atoms with Crippen LogP contribution in [-0.4, -0.2) is 25.6 Å². The molecule has 0 fully saturated rings. The normalized spacial score (nSPS) is 13.4. The van der Waals surface area contributed by atoms with Gasteiger partial charge < -0.3 is 5.32 Å². The number of hydrogen-bond acceptors (Lipinski definition) is 4. The summed E-state index contributed by atoms with van der Waals surface area (Å²) in [6, 6.07) is 2.94. The number of hydrogen-bond donors (Lipinski definition) is 2. The first-order valence-electron chi connectivity index (χ1n) is 10.1. The van der Waals surface area contributed by atoms with Crippen molar-refractivity contribution in [3.05, 3.63) is 64.5 Å². The molecule has 1 aromatic heterocycles. The van der Waals surface area contributed by atoms with Gasteiger partial charge >= 0.3 is 6.18 Å². The number of aromatic nitrogens is 1. The minimum absolute atomic E-state index is 0.0157. The Morgan fingerprint density at radius 1 is 1.12 bits per heavy atom. The first-order chi connectivity index (χ1) is 15.6. The molecule has 0 saturated heterocycles. The van der Waals surface area contributed by atoms with Crippen LogP contribution in [0, 0.1) is 17.6 Å². The van der Waals surface area contributed by atoms with E-state index in [4.69, 9.17) is 0 Å². The zero-order valence-corrected chi connectivity index (χ0v) is 19.6. The fourth-order valence-electron chi connectivity index (χ4n) is 3.01. The lowest BCUT2D eigenvalue weighted by Crippen LogP contribution is -2.25. The van der Waals surface area contributed by atoms with E-state index in [1.54, 1.807) is 4.72 Å². The maximum atomic E-state index is 14.2. The molecule has 186 valence electrons. The van der Waals surface area contributed by atoms with Crippen molar-refractivity contribution >= 4 is 27.7 Å². The molecule has 12 heteroatoms. The molecule has 0 aliphatic rings. The summed E-state index contributed by atoms with van der Waals surface area (Å²) in [5, 5.41) is 2.49. The lowest BCUT2D eigenvalue weighted by molar-refractivity contribution is -0.141. The lowest BCUT2D eigenvalue weighted by Gasteiger charge is -2.15. The highest BCUT2D eigenvalue weighted by Gasteiger charge is 2.33. The molecule has 2 N–H and O–H groups in total. The number of anilines is 1. The number of sulfonamides is 1. The highest BCUT2D eigenvalue weighted by atomic mass is 32.2. The summed E-state index contributed by atoms with van der Waals surface area (Å²) in [6.07, 6.45) is -1.20. The fraction of sp³-hybridized carbons (Fsp3) is 0.364. The molecule has 0 bridgehead atoms. The SMILES string of the molecule is CC(C)Cc1nc(C(F)(F)F)ccc1/C=C\C(=O)N[C@H](C)c1cc(F)c(NS(C)(=O)=O)c(F)c1. The molecule has 1 aromatic carbocycles. The van der Waals surface area contributed by atoms with Crippen LogP contribution in [0.5, 0.6) is 0 Å². The fourth-order valence-corrected chi connectivity index (χ4v) is 3.57. The topological polar surface area (TPSA) is 88.2 Å². The van der Waals surface area contributed by atoms with Crippen molar-refractivity contribution in [2.75, 3.05) is 11.0 Å². The Balaban J connectivity index is 2.20. The van der Waals surface area contributed by atoms with Gasteiger partial charge in [-0.25, -0.2) is 22.2 Å². The monoisotopic (exact) mass is 505 g/mol. The first kappa shape index (κ1) is 27.2. The molecule has 2 rings (SSSR count). The van der Waals surface area contributed by atoms with Crippen LogP contribution in [-0.2, 0) is 27.4 Å². The number of alkyl halides is 3. The van der Waals surface area contributed by atoms with Crippen LogP contribution in [0.1, 0.15) is 49.3 Å². The summed E-state index contributed by atoms with van der Waals surface area (Å²) >= 11 is 0. The van der Waals surface area contributed by atoms with Gasteiger partial charge in [-0.05, 0) is 54.7 Å². The zero-order chi connectivity index (χ0) is 25.8. The molecule has 6 nitrogen and oxygen atoms in total. The summed E-state index contributed by atoms with van der Waals surface area (Å²) in [5.74, 6) is -2.97. The Hall–Kier alpha value is -3.02. The number of rotatable bonds is 8. The molecule has 2 aromatic rings. The van der Waals surface area contributed by atoms with E-state index in [0.29, 0.717) is 5.56 Å². The van der Waals surface area contributed by atoms with Crippen molar-refractivity contribution in [1.82, 2.24) is 10.3 Å². The summed E-state index contributed by atoms with van der Waals surface area (Å²) in [7, 11) is -3.91. The smallest absolute Gasteiger partial charge is 0.346 e. The number of nitrogens with zero attached hydrogens (tertiary/aromatic N) is 1. The summed E-state index contributed by atoms with van der Waals surface area (Å²) in [6.45, 7) is 5.09. The van der Waals surface area contributed by atoms with Crippen LogP contribution >= 0.6 is 0 Å². The van der Waals surface area contributed by atoms with Gasteiger partial charge in [0.25, 0.3) is 0 Å². The number of amides is 1. The van der Waals surface area contributed by atoms with Gasteiger partial charge in [-0.3, -0.25) is 9.52 Å². The highest BCUT2D eigenvalue weighted by molar-refractivity contribution is 7.92. The zero-order valence-electron chi connectivity index (χ0n) is 18.8. The number of nitrogens with one attached hydrogen (secondary N) is 2. The van der Waals surface area contributed by atoms with Crippen molar-refractivity contribution in [3.63, 3.8) is 0 Å². The van der Waals surface area contributed by atoms with Gasteiger partial charge in [0.15, 0.2) is 11.6 Å². The molecule has 0 spiro atoms. The Morgan fingerprint density at radius 2 is 1.71 bits per heavy atom. The van der Waals surface area contributed by atoms with Crippen molar-refractivity contribution in [1.29, 1.82) is 0 Å². The molecule has 0 radical (unpaired) electrons. The van der Waals surface area contributed by atoms with Crippen molar-refractivity contribution in [3.8, 4) is 0 Å². The van der Waals surface area contributed by atoms with E-state index < -0.39 is 51.2 Å². The Kier molecular flexibility index (Phi) is 8.40. The Labute approximate surface area is 194 Å². The Bertz CT molecular complexity index is 1170. The third-order valence-electron chi connectivity index (χ3n) is 4.53. The minimum Gasteiger partial charge on any atom is -0.346 e. The van der Waals surface area contributed by atoms with Gasteiger partial charge in [-0.15, -0.1) is 0 Å². The van der Waals surface area contributed by atoms with E-state index in [2.05, 4.69) is 10.3 Å². The van der Waals surface area contributed by atoms with Crippen LogP contribution < -0.4 is 10.0 Å². The maximum absolute atomic E-state index is 14.2. The summed E-state index contributed by atoms with van der Waals surface area (Å²) in [5.41, 5.74) is -1.32. The van der Waals surface area contributed by atoms with Gasteiger partial charge in [0.05, 0.1) is 12.3 Å². The predicted octanol–water partition coefficient (Wildman–Crippen LogP) is 4.84. The van der Waals surface area contributed by atoms with Gasteiger partial charge in [0.1, 0.15) is 11.4 Å². The second-order valence-corrected chi connectivity index (χ2v) is 9.87. The summed E-state index contributed by atoms with van der Waals surface area (Å²) < 4.78 is 91.6. The molecule has 0 unspecified atom stereocenters. The van der Waals surface area contributed by atoms with E-state index in [9.17, 15) is 35.2 Å². The van der Waals surface area contributed by atoms with Gasteiger partial charge in [0.2, 0.25) is 15.9 Å². The second kappa shape index (κ2) is 10.5. The van der Waals surface area contributed by atoms with E-state index in [-0.39, 0.29) is 23.6 Å². The Morgan fingerprint density at radius 3 is 2.21 bits per heavy atom. The number of carbonyl (C=O) groups is 1. The average Bonchev–Trinajstić information content (AvgIpc) is 2.67. The van der Waals surface area contributed by atoms with Crippen LogP contribution in [0.15, 0.2) is 30.3 Å². The summed E-state index contributed by atoms with van der Waals surface area (Å²) in [4.78, 5) is 16.0. The number of pyridine rings is 1. The highest BCUT2D eigenvalue weighted by Crippen LogP contribution is 2.29. The lowest BCUT2D eigenvalue weighted by atomic mass is 10.0. The molecular formula is C22H24F5N3O3S. The maximum Gasteiger partial charge on any atom is 0.433 e. The quantitative estimate of drug-likeness (QED) is 0.397. The van der Waals surface area contributed by atoms with E-state index in [1.807, 2.05) is 13.8 Å². The molecule has 1 atom stereocenters. The molecule has 0 aliphatic carbocycles. The minimum atomic E-state index is -4.60. The average molecular weight is 506 g/mol. The third kappa shape index (κ3) is 7.79. The van der Waals surface area contributed by atoms with Crippen molar-refractivity contribution in [2.45, 2.75) is 39.4 Å². The molecule has 1 amide bonds. The van der Waals surface area contributed by atoms with E-state index in [1.165, 1.54) is 19.1 Å². The third-order valence-corrected chi connectivity index (χ3v) is 5.10. The molecule has 0 aliphatic heterocycles. The van der Waals surface area contributed by atoms with Gasteiger partial charge in [0, 0.05) is 11.8 Å². The molecular weight excluding hydrogens is 481 g/mol. The molecule has 34 heavy (non-hydrogen) atoms. The molecule has 1 heterocycles. The number of benzene rings is 1. The molecule has 0 saturated carbocycles. The predicted molar refractivity (Wildman–Crippen MR) is 118 cm³/mol. The number of halogens is 5. The van der Waals surface area contributed by atoms with Gasteiger partial charge in [-0.2, -0.15) is 13.2 Å². The standard InChI is InChI=1S/C22H24F5N3O3S/c1-12(2)9-18-14(5-7-19(29-18)22(25,26)27)6-8-20(31)28-13(3)15-10-16(23)21(17(24)11-15)30-34(4,32)33/h5-8,10-13,30H,9H2,1-4H3,(H,28,31)/b8-6-/t13-/m1/s1. The van der Waals surface area contributed by atoms with E-state index in [0.717, 1.165) is 30.5 Å². The second-order valence-electron chi connectivity index (χ2n) is 8.13. The number of carbonyl (C=O) groups excluding carboxylic acids is 1. The van der Waals surface area contributed by atoms with Crippen LogP contribution in [0.25, 0.3) is 6.08 Å². The van der Waals surface area contributed by atoms with Crippen molar-refractivity contribution < 1.29 is 35.2 Å².